The average molecular weight is 384 g/mol. The first-order valence-electron chi connectivity index (χ1n) is 7.45. The number of halogens is 2. The van der Waals surface area contributed by atoms with Crippen LogP contribution in [-0.4, -0.2) is 34.8 Å². The summed E-state index contributed by atoms with van der Waals surface area (Å²) in [6.45, 7) is 0.968. The average Bonchev–Trinajstić information content (AvgIpc) is 3.06. The number of carbonyl (C=O) groups is 2. The molecule has 2 aromatic rings. The Morgan fingerprint density at radius 2 is 2.08 bits per heavy atom. The molecule has 1 aliphatic heterocycles. The number of thiazole rings is 1. The van der Waals surface area contributed by atoms with E-state index in [-0.39, 0.29) is 17.7 Å². The molecule has 1 saturated heterocycles. The molecule has 2 N–H and O–H groups in total. The van der Waals surface area contributed by atoms with E-state index in [0.717, 1.165) is 18.4 Å². The number of benzene rings is 1. The van der Waals surface area contributed by atoms with Gasteiger partial charge in [0.05, 0.1) is 16.0 Å². The fourth-order valence-corrected chi connectivity index (χ4v) is 3.78. The van der Waals surface area contributed by atoms with E-state index < -0.39 is 0 Å². The highest BCUT2D eigenvalue weighted by Gasteiger charge is 2.28. The summed E-state index contributed by atoms with van der Waals surface area (Å²) in [6, 6.07) is 5.23. The van der Waals surface area contributed by atoms with Gasteiger partial charge in [-0.05, 0) is 25.0 Å². The first-order chi connectivity index (χ1) is 11.5. The Balaban J connectivity index is 1.78. The van der Waals surface area contributed by atoms with Crippen molar-refractivity contribution >= 4 is 46.4 Å². The molecule has 1 unspecified atom stereocenters. The molecule has 1 fully saturated rings. The number of likely N-dealkylation sites (tertiary alicyclic amines) is 1. The van der Waals surface area contributed by atoms with Gasteiger partial charge in [-0.2, -0.15) is 0 Å². The Morgan fingerprint density at radius 3 is 2.79 bits per heavy atom. The van der Waals surface area contributed by atoms with Gasteiger partial charge in [0.15, 0.2) is 0 Å². The van der Waals surface area contributed by atoms with Gasteiger partial charge in [0.1, 0.15) is 10.7 Å². The second-order valence-corrected chi connectivity index (χ2v) is 7.33. The second-order valence-electron chi connectivity index (χ2n) is 5.66. The van der Waals surface area contributed by atoms with Gasteiger partial charge in [-0.3, -0.25) is 9.59 Å². The van der Waals surface area contributed by atoms with Crippen molar-refractivity contribution in [3.63, 3.8) is 0 Å². The lowest BCUT2D eigenvalue weighted by molar-refractivity contribution is -0.123. The summed E-state index contributed by atoms with van der Waals surface area (Å²) >= 11 is 13.3. The molecule has 0 spiro atoms. The molecule has 0 bridgehead atoms. The molecule has 8 heteroatoms. The van der Waals surface area contributed by atoms with Gasteiger partial charge in [-0.1, -0.05) is 29.3 Å². The maximum absolute atomic E-state index is 12.6. The van der Waals surface area contributed by atoms with Crippen molar-refractivity contribution in [1.82, 2.24) is 9.88 Å². The zero-order valence-electron chi connectivity index (χ0n) is 12.7. The first kappa shape index (κ1) is 17.2. The Bertz CT molecular complexity index is 793. The van der Waals surface area contributed by atoms with E-state index in [2.05, 4.69) is 4.98 Å². The molecule has 1 atom stereocenters. The lowest BCUT2D eigenvalue weighted by Gasteiger charge is -2.30. The Morgan fingerprint density at radius 1 is 1.29 bits per heavy atom. The maximum Gasteiger partial charge on any atom is 0.273 e. The normalized spacial score (nSPS) is 17.8. The highest BCUT2D eigenvalue weighted by molar-refractivity contribution is 7.13. The van der Waals surface area contributed by atoms with Gasteiger partial charge < -0.3 is 10.6 Å². The molecule has 2 amide bonds. The SMILES string of the molecule is NC(=O)C1CCCN(C(=O)c2csc(-c3ccc(Cl)c(Cl)c3)n2)C1. The van der Waals surface area contributed by atoms with E-state index in [1.165, 1.54) is 11.3 Å². The number of nitrogens with two attached hydrogens (primary N) is 1. The van der Waals surface area contributed by atoms with E-state index in [0.29, 0.717) is 33.8 Å². The number of hydrogen-bond donors (Lipinski definition) is 1. The summed E-state index contributed by atoms with van der Waals surface area (Å²) < 4.78 is 0. The zero-order chi connectivity index (χ0) is 17.3. The summed E-state index contributed by atoms with van der Waals surface area (Å²) in [5, 5.41) is 3.32. The number of rotatable bonds is 3. The molecule has 5 nitrogen and oxygen atoms in total. The van der Waals surface area contributed by atoms with Crippen LogP contribution in [0.15, 0.2) is 23.6 Å². The summed E-state index contributed by atoms with van der Waals surface area (Å²) in [5.41, 5.74) is 6.54. The molecule has 1 aromatic carbocycles. The number of primary amides is 1. The maximum atomic E-state index is 12.6. The summed E-state index contributed by atoms with van der Waals surface area (Å²) in [4.78, 5) is 30.0. The third kappa shape index (κ3) is 3.55. The van der Waals surface area contributed by atoms with E-state index in [9.17, 15) is 9.59 Å². The van der Waals surface area contributed by atoms with Crippen LogP contribution >= 0.6 is 34.5 Å². The van der Waals surface area contributed by atoms with Gasteiger partial charge in [0, 0.05) is 24.0 Å². The zero-order valence-corrected chi connectivity index (χ0v) is 15.0. The van der Waals surface area contributed by atoms with Crippen molar-refractivity contribution in [2.24, 2.45) is 11.7 Å². The first-order valence-corrected chi connectivity index (χ1v) is 9.09. The molecular formula is C16H15Cl2N3O2S. The minimum absolute atomic E-state index is 0.177. The van der Waals surface area contributed by atoms with Crippen LogP contribution in [0.1, 0.15) is 23.3 Å². The highest BCUT2D eigenvalue weighted by atomic mass is 35.5. The summed E-state index contributed by atoms with van der Waals surface area (Å²) in [6.07, 6.45) is 1.49. The van der Waals surface area contributed by atoms with Crippen LogP contribution in [0.3, 0.4) is 0 Å². The fourth-order valence-electron chi connectivity index (χ4n) is 2.69. The van der Waals surface area contributed by atoms with Crippen molar-refractivity contribution in [3.05, 3.63) is 39.3 Å². The van der Waals surface area contributed by atoms with Crippen molar-refractivity contribution in [3.8, 4) is 10.6 Å². The molecule has 3 rings (SSSR count). The standard InChI is InChI=1S/C16H15Cl2N3O2S/c17-11-4-3-9(6-12(11)18)15-20-13(8-24-15)16(23)21-5-1-2-10(7-21)14(19)22/h3-4,6,8,10H,1-2,5,7H2,(H2,19,22). The molecular weight excluding hydrogens is 369 g/mol. The van der Waals surface area contributed by atoms with Crippen LogP contribution in [-0.2, 0) is 4.79 Å². The Hall–Kier alpha value is -1.63. The van der Waals surface area contributed by atoms with Crippen molar-refractivity contribution < 1.29 is 9.59 Å². The number of amides is 2. The molecule has 0 aliphatic carbocycles. The molecule has 2 heterocycles. The third-order valence-corrected chi connectivity index (χ3v) is 5.63. The topological polar surface area (TPSA) is 76.3 Å². The van der Waals surface area contributed by atoms with E-state index in [4.69, 9.17) is 28.9 Å². The number of hydrogen-bond acceptors (Lipinski definition) is 4. The number of aromatic nitrogens is 1. The van der Waals surface area contributed by atoms with E-state index in [1.807, 2.05) is 6.07 Å². The Labute approximate surface area is 153 Å². The van der Waals surface area contributed by atoms with Gasteiger partial charge >= 0.3 is 0 Å². The molecule has 0 saturated carbocycles. The van der Waals surface area contributed by atoms with Crippen LogP contribution in [0.2, 0.25) is 10.0 Å². The van der Waals surface area contributed by atoms with E-state index in [1.54, 1.807) is 22.4 Å². The summed E-state index contributed by atoms with van der Waals surface area (Å²) in [5.74, 6) is -0.818. The monoisotopic (exact) mass is 383 g/mol. The molecule has 126 valence electrons. The molecule has 0 radical (unpaired) electrons. The minimum Gasteiger partial charge on any atom is -0.369 e. The minimum atomic E-state index is -0.359. The molecule has 1 aliphatic rings. The van der Waals surface area contributed by atoms with Crippen LogP contribution in [0, 0.1) is 5.92 Å². The van der Waals surface area contributed by atoms with Crippen molar-refractivity contribution in [2.45, 2.75) is 12.8 Å². The second kappa shape index (κ2) is 7.09. The molecule has 1 aromatic heterocycles. The van der Waals surface area contributed by atoms with Gasteiger partial charge in [-0.25, -0.2) is 4.98 Å². The van der Waals surface area contributed by atoms with Crippen LogP contribution < -0.4 is 5.73 Å². The predicted molar refractivity (Wildman–Crippen MR) is 95.4 cm³/mol. The number of carbonyl (C=O) groups excluding carboxylic acids is 2. The smallest absolute Gasteiger partial charge is 0.273 e. The predicted octanol–water partition coefficient (Wildman–Crippen LogP) is 3.45. The van der Waals surface area contributed by atoms with Gasteiger partial charge in [0.25, 0.3) is 5.91 Å². The van der Waals surface area contributed by atoms with Crippen LogP contribution in [0.25, 0.3) is 10.6 Å². The number of nitrogens with zero attached hydrogens (tertiary/aromatic N) is 2. The lowest BCUT2D eigenvalue weighted by Crippen LogP contribution is -2.44. The van der Waals surface area contributed by atoms with Gasteiger partial charge in [-0.15, -0.1) is 11.3 Å². The quantitative estimate of drug-likeness (QED) is 0.881. The largest absolute Gasteiger partial charge is 0.369 e. The number of piperidine rings is 1. The van der Waals surface area contributed by atoms with Crippen molar-refractivity contribution in [1.29, 1.82) is 0 Å². The summed E-state index contributed by atoms with van der Waals surface area (Å²) in [7, 11) is 0. The lowest BCUT2D eigenvalue weighted by atomic mass is 9.97. The molecule has 24 heavy (non-hydrogen) atoms. The Kier molecular flexibility index (Phi) is 5.08. The third-order valence-electron chi connectivity index (χ3n) is 4.00. The van der Waals surface area contributed by atoms with E-state index >= 15 is 0 Å². The highest BCUT2D eigenvalue weighted by Crippen LogP contribution is 2.30. The van der Waals surface area contributed by atoms with Gasteiger partial charge in [0.2, 0.25) is 5.91 Å². The fraction of sp³-hybridized carbons (Fsp3) is 0.312. The van der Waals surface area contributed by atoms with Crippen LogP contribution in [0.4, 0.5) is 0 Å². The van der Waals surface area contributed by atoms with Crippen LogP contribution in [0.5, 0.6) is 0 Å². The van der Waals surface area contributed by atoms with Crippen molar-refractivity contribution in [2.75, 3.05) is 13.1 Å².